The van der Waals surface area contributed by atoms with E-state index in [4.69, 9.17) is 5.84 Å². The highest BCUT2D eigenvalue weighted by Gasteiger charge is 2.15. The van der Waals surface area contributed by atoms with E-state index >= 15 is 0 Å². The van der Waals surface area contributed by atoms with Gasteiger partial charge in [0.05, 0.1) is 11.9 Å². The summed E-state index contributed by atoms with van der Waals surface area (Å²) in [6, 6.07) is 6.93. The van der Waals surface area contributed by atoms with Crippen LogP contribution in [0.15, 0.2) is 36.7 Å². The zero-order chi connectivity index (χ0) is 13.8. The lowest BCUT2D eigenvalue weighted by Crippen LogP contribution is -2.26. The van der Waals surface area contributed by atoms with Gasteiger partial charge in [-0.05, 0) is 31.2 Å². The van der Waals surface area contributed by atoms with Gasteiger partial charge >= 0.3 is 0 Å². The Morgan fingerprint density at radius 2 is 2.21 bits per heavy atom. The first kappa shape index (κ1) is 13.0. The van der Waals surface area contributed by atoms with E-state index in [-0.39, 0.29) is 5.91 Å². The number of nitrogen functional groups attached to an aromatic ring is 1. The molecule has 3 N–H and O–H groups in total. The lowest BCUT2D eigenvalue weighted by atomic mass is 10.2. The van der Waals surface area contributed by atoms with E-state index in [1.165, 1.54) is 4.90 Å². The second kappa shape index (κ2) is 5.45. The van der Waals surface area contributed by atoms with Crippen molar-refractivity contribution in [2.45, 2.75) is 6.92 Å². The molecule has 2 rings (SSSR count). The Balaban J connectivity index is 2.31. The average Bonchev–Trinajstić information content (AvgIpc) is 2.46. The van der Waals surface area contributed by atoms with E-state index in [0.717, 1.165) is 11.4 Å². The fraction of sp³-hybridized carbons (Fsp3) is 0.154. The second-order valence-corrected chi connectivity index (χ2v) is 4.10. The lowest BCUT2D eigenvalue weighted by molar-refractivity contribution is 0.0993. The number of aromatic nitrogens is 2. The molecule has 98 valence electrons. The molecular weight excluding hydrogens is 242 g/mol. The fourth-order valence-electron chi connectivity index (χ4n) is 1.73. The van der Waals surface area contributed by atoms with Crippen molar-refractivity contribution in [2.24, 2.45) is 5.84 Å². The van der Waals surface area contributed by atoms with Gasteiger partial charge in [-0.3, -0.25) is 9.78 Å². The van der Waals surface area contributed by atoms with Crippen molar-refractivity contribution in [3.63, 3.8) is 0 Å². The third-order valence-electron chi connectivity index (χ3n) is 2.69. The maximum absolute atomic E-state index is 12.4. The van der Waals surface area contributed by atoms with Crippen molar-refractivity contribution in [1.82, 2.24) is 9.97 Å². The van der Waals surface area contributed by atoms with Crippen LogP contribution in [0, 0.1) is 6.92 Å². The van der Waals surface area contributed by atoms with Crippen molar-refractivity contribution in [3.05, 3.63) is 47.9 Å². The number of nitrogens with two attached hydrogens (primary N) is 1. The number of amides is 1. The number of hydrazine groups is 1. The highest BCUT2D eigenvalue weighted by Crippen LogP contribution is 2.16. The van der Waals surface area contributed by atoms with Gasteiger partial charge in [0.25, 0.3) is 5.91 Å². The molecule has 0 bridgehead atoms. The Labute approximate surface area is 111 Å². The molecule has 0 radical (unpaired) electrons. The molecule has 0 saturated carbocycles. The van der Waals surface area contributed by atoms with Gasteiger partial charge in [-0.2, -0.15) is 0 Å². The van der Waals surface area contributed by atoms with E-state index in [0.29, 0.717) is 11.4 Å². The number of anilines is 2. The van der Waals surface area contributed by atoms with Gasteiger partial charge < -0.3 is 10.3 Å². The first-order valence-corrected chi connectivity index (χ1v) is 5.75. The molecule has 0 aliphatic heterocycles. The Morgan fingerprint density at radius 1 is 1.42 bits per heavy atom. The Kier molecular flexibility index (Phi) is 3.72. The highest BCUT2D eigenvalue weighted by molar-refractivity contribution is 6.06. The molecule has 0 aromatic carbocycles. The Bertz CT molecular complexity index is 585. The number of carbonyl (C=O) groups excluding carboxylic acids is 1. The number of hydrogen-bond acceptors (Lipinski definition) is 5. The third-order valence-corrected chi connectivity index (χ3v) is 2.69. The maximum atomic E-state index is 12.4. The van der Waals surface area contributed by atoms with Crippen LogP contribution in [0.3, 0.4) is 0 Å². The smallest absolute Gasteiger partial charge is 0.258 e. The maximum Gasteiger partial charge on any atom is 0.258 e. The summed E-state index contributed by atoms with van der Waals surface area (Å²) < 4.78 is 0. The topological polar surface area (TPSA) is 84.1 Å². The molecule has 2 aromatic heterocycles. The van der Waals surface area contributed by atoms with E-state index in [2.05, 4.69) is 15.4 Å². The molecule has 6 heteroatoms. The SMILES string of the molecule is Cc1cc(C(=O)N(C)c2cccnc2)cc(NN)n1. The van der Waals surface area contributed by atoms with Gasteiger partial charge in [0.2, 0.25) is 0 Å². The van der Waals surface area contributed by atoms with Crippen LogP contribution >= 0.6 is 0 Å². The molecule has 0 unspecified atom stereocenters. The zero-order valence-corrected chi connectivity index (χ0v) is 10.8. The molecule has 2 aromatic rings. The van der Waals surface area contributed by atoms with Crippen LogP contribution in [0.2, 0.25) is 0 Å². The average molecular weight is 257 g/mol. The summed E-state index contributed by atoms with van der Waals surface area (Å²) in [5.41, 5.74) is 4.41. The summed E-state index contributed by atoms with van der Waals surface area (Å²) in [6.07, 6.45) is 3.29. The number of nitrogens with one attached hydrogen (secondary N) is 1. The van der Waals surface area contributed by atoms with E-state index in [9.17, 15) is 4.79 Å². The highest BCUT2D eigenvalue weighted by atomic mass is 16.2. The molecule has 2 heterocycles. The summed E-state index contributed by atoms with van der Waals surface area (Å²) in [5.74, 6) is 5.65. The molecule has 0 atom stereocenters. The van der Waals surface area contributed by atoms with Gasteiger partial charge in [-0.15, -0.1) is 0 Å². The summed E-state index contributed by atoms with van der Waals surface area (Å²) in [6.45, 7) is 1.81. The summed E-state index contributed by atoms with van der Waals surface area (Å²) >= 11 is 0. The molecule has 19 heavy (non-hydrogen) atoms. The third kappa shape index (κ3) is 2.86. The van der Waals surface area contributed by atoms with Gasteiger partial charge in [0.1, 0.15) is 5.82 Å². The Morgan fingerprint density at radius 3 is 2.84 bits per heavy atom. The number of nitrogens with zero attached hydrogens (tertiary/aromatic N) is 3. The quantitative estimate of drug-likeness (QED) is 0.640. The summed E-state index contributed by atoms with van der Waals surface area (Å²) in [4.78, 5) is 22.0. The van der Waals surface area contributed by atoms with Crippen LogP contribution in [0.1, 0.15) is 16.1 Å². The van der Waals surface area contributed by atoms with Crippen LogP contribution in [-0.4, -0.2) is 22.9 Å². The lowest BCUT2D eigenvalue weighted by Gasteiger charge is -2.17. The molecular formula is C13H15N5O. The van der Waals surface area contributed by atoms with Crippen LogP contribution in [-0.2, 0) is 0 Å². The molecule has 0 aliphatic rings. The number of aryl methyl sites for hydroxylation is 1. The zero-order valence-electron chi connectivity index (χ0n) is 10.8. The first-order chi connectivity index (χ1) is 9.11. The molecule has 0 spiro atoms. The number of hydrogen-bond donors (Lipinski definition) is 2. The predicted octanol–water partition coefficient (Wildman–Crippen LogP) is 1.35. The van der Waals surface area contributed by atoms with Crippen molar-refractivity contribution >= 4 is 17.4 Å². The van der Waals surface area contributed by atoms with Gasteiger partial charge in [0, 0.05) is 24.5 Å². The first-order valence-electron chi connectivity index (χ1n) is 5.75. The minimum atomic E-state index is -0.144. The predicted molar refractivity (Wildman–Crippen MR) is 73.8 cm³/mol. The van der Waals surface area contributed by atoms with Crippen molar-refractivity contribution in [2.75, 3.05) is 17.4 Å². The van der Waals surface area contributed by atoms with Gasteiger partial charge in [-0.25, -0.2) is 10.8 Å². The van der Waals surface area contributed by atoms with E-state index < -0.39 is 0 Å². The number of rotatable bonds is 3. The van der Waals surface area contributed by atoms with Crippen LogP contribution < -0.4 is 16.2 Å². The van der Waals surface area contributed by atoms with Crippen LogP contribution in [0.4, 0.5) is 11.5 Å². The standard InChI is InChI=1S/C13H15N5O/c1-9-6-10(7-12(16-9)17-14)13(19)18(2)11-4-3-5-15-8-11/h3-8H,14H2,1-2H3,(H,16,17). The Hall–Kier alpha value is -2.47. The van der Waals surface area contributed by atoms with E-state index in [1.54, 1.807) is 37.6 Å². The largest absolute Gasteiger partial charge is 0.310 e. The molecule has 6 nitrogen and oxygen atoms in total. The normalized spacial score (nSPS) is 10.1. The summed E-state index contributed by atoms with van der Waals surface area (Å²) in [5, 5.41) is 0. The molecule has 0 aliphatic carbocycles. The van der Waals surface area contributed by atoms with Crippen molar-refractivity contribution < 1.29 is 4.79 Å². The minimum Gasteiger partial charge on any atom is -0.310 e. The van der Waals surface area contributed by atoms with Crippen LogP contribution in [0.25, 0.3) is 0 Å². The molecule has 1 amide bonds. The van der Waals surface area contributed by atoms with Gasteiger partial charge in [-0.1, -0.05) is 0 Å². The summed E-state index contributed by atoms with van der Waals surface area (Å²) in [7, 11) is 1.70. The number of pyridine rings is 2. The van der Waals surface area contributed by atoms with Crippen molar-refractivity contribution in [1.29, 1.82) is 0 Å². The fourth-order valence-corrected chi connectivity index (χ4v) is 1.73. The number of carbonyl (C=O) groups is 1. The second-order valence-electron chi connectivity index (χ2n) is 4.10. The molecule has 0 fully saturated rings. The van der Waals surface area contributed by atoms with Gasteiger partial charge in [0.15, 0.2) is 0 Å². The van der Waals surface area contributed by atoms with E-state index in [1.807, 2.05) is 13.0 Å². The molecule has 0 saturated heterocycles. The monoisotopic (exact) mass is 257 g/mol. The van der Waals surface area contributed by atoms with Crippen molar-refractivity contribution in [3.8, 4) is 0 Å². The van der Waals surface area contributed by atoms with Crippen LogP contribution in [0.5, 0.6) is 0 Å². The minimum absolute atomic E-state index is 0.144.